The lowest BCUT2D eigenvalue weighted by Gasteiger charge is -2.37. The van der Waals surface area contributed by atoms with E-state index in [0.717, 1.165) is 18.4 Å². The smallest absolute Gasteiger partial charge is 0.332 e. The second kappa shape index (κ2) is 16.2. The lowest BCUT2D eigenvalue weighted by atomic mass is 9.92. The summed E-state index contributed by atoms with van der Waals surface area (Å²) < 4.78 is 16.6. The van der Waals surface area contributed by atoms with Crippen LogP contribution in [-0.2, 0) is 25.5 Å². The van der Waals surface area contributed by atoms with E-state index in [0.29, 0.717) is 42.9 Å². The number of carbonyl (C=O) groups excluding carboxylic acids is 3. The third kappa shape index (κ3) is 9.21. The topological polar surface area (TPSA) is 106 Å². The normalized spacial score (nSPS) is 12.8. The largest absolute Gasteiger partial charge is 0.493 e. The van der Waals surface area contributed by atoms with Crippen LogP contribution in [0.4, 0.5) is 0 Å². The first kappa shape index (κ1) is 34.6. The minimum absolute atomic E-state index is 0.225. The van der Waals surface area contributed by atoms with Crippen LogP contribution >= 0.6 is 0 Å². The van der Waals surface area contributed by atoms with E-state index in [1.165, 1.54) is 30.7 Å². The Kier molecular flexibility index (Phi) is 13.3. The fourth-order valence-corrected chi connectivity index (χ4v) is 5.14. The molecule has 0 aliphatic rings. The first-order valence-electron chi connectivity index (χ1n) is 14.6. The number of hydrogen-bond donors (Lipinski definition) is 1. The molecule has 0 aliphatic heterocycles. The van der Waals surface area contributed by atoms with Crippen LogP contribution in [0.25, 0.3) is 0 Å². The third-order valence-corrected chi connectivity index (χ3v) is 7.37. The Morgan fingerprint density at radius 1 is 0.881 bits per heavy atom. The molecule has 9 nitrogen and oxygen atoms in total. The van der Waals surface area contributed by atoms with Gasteiger partial charge in [0.15, 0.2) is 17.5 Å². The summed E-state index contributed by atoms with van der Waals surface area (Å²) in [5.74, 6) is -0.554. The molecule has 2 atom stereocenters. The van der Waals surface area contributed by atoms with Crippen molar-refractivity contribution < 1.29 is 33.7 Å². The summed E-state index contributed by atoms with van der Waals surface area (Å²) >= 11 is 0. The van der Waals surface area contributed by atoms with Crippen molar-refractivity contribution in [1.82, 2.24) is 9.80 Å². The second-order valence-electron chi connectivity index (χ2n) is 11.2. The molecule has 0 bridgehead atoms. The summed E-state index contributed by atoms with van der Waals surface area (Å²) in [5.41, 5.74) is -0.183. The number of hydrogen-bond acceptors (Lipinski definition) is 7. The Hall–Kier alpha value is -3.59. The number of methoxy groups -OCH3 is 2. The standard InChI is InChI=1S/C33H48N2O7/c1-9-14-25(15-10-2)30(36)35(6)29(33(3,4)39)32(38)42-28(24-16-12-11-13-17-24)31(37)34(5)21-20-23-18-19-26(40-7)27(22-23)41-8/h11-13,16-19,22,25,28-29,39H,9-10,14-15,20-21H2,1-8H3/t28-,29?/m1/s1. The molecule has 2 aromatic carbocycles. The Balaban J connectivity index is 2.31. The molecule has 42 heavy (non-hydrogen) atoms. The lowest BCUT2D eigenvalue weighted by molar-refractivity contribution is -0.174. The number of carbonyl (C=O) groups is 3. The molecule has 0 spiro atoms. The molecule has 0 aromatic heterocycles. The highest BCUT2D eigenvalue weighted by atomic mass is 16.6. The van der Waals surface area contributed by atoms with Crippen LogP contribution in [0.5, 0.6) is 11.5 Å². The highest BCUT2D eigenvalue weighted by Gasteiger charge is 2.43. The van der Waals surface area contributed by atoms with Gasteiger partial charge in [-0.1, -0.05) is 63.1 Å². The van der Waals surface area contributed by atoms with E-state index >= 15 is 0 Å². The van der Waals surface area contributed by atoms with Crippen LogP contribution in [0.15, 0.2) is 48.5 Å². The van der Waals surface area contributed by atoms with Crippen molar-refractivity contribution in [1.29, 1.82) is 0 Å². The molecular weight excluding hydrogens is 536 g/mol. The zero-order chi connectivity index (χ0) is 31.4. The monoisotopic (exact) mass is 584 g/mol. The lowest BCUT2D eigenvalue weighted by Crippen LogP contribution is -2.57. The maximum Gasteiger partial charge on any atom is 0.332 e. The number of rotatable bonds is 16. The van der Waals surface area contributed by atoms with Crippen LogP contribution in [0, 0.1) is 5.92 Å². The van der Waals surface area contributed by atoms with Gasteiger partial charge in [0.25, 0.3) is 5.91 Å². The zero-order valence-electron chi connectivity index (χ0n) is 26.4. The second-order valence-corrected chi connectivity index (χ2v) is 11.2. The molecule has 9 heteroatoms. The number of likely N-dealkylation sites (N-methyl/N-ethyl adjacent to an activating group) is 2. The van der Waals surface area contributed by atoms with E-state index in [-0.39, 0.29) is 11.8 Å². The molecule has 0 fully saturated rings. The maximum absolute atomic E-state index is 13.7. The van der Waals surface area contributed by atoms with Gasteiger partial charge < -0.3 is 29.1 Å². The van der Waals surface area contributed by atoms with E-state index in [1.54, 1.807) is 51.6 Å². The number of amides is 2. The van der Waals surface area contributed by atoms with Crippen molar-refractivity contribution in [3.05, 3.63) is 59.7 Å². The van der Waals surface area contributed by atoms with Gasteiger partial charge >= 0.3 is 5.97 Å². The Labute approximate surface area is 250 Å². The molecule has 0 aliphatic carbocycles. The van der Waals surface area contributed by atoms with Crippen LogP contribution in [-0.4, -0.2) is 79.2 Å². The van der Waals surface area contributed by atoms with E-state index in [9.17, 15) is 19.5 Å². The molecule has 2 rings (SSSR count). The van der Waals surface area contributed by atoms with Gasteiger partial charge in [-0.3, -0.25) is 9.59 Å². The minimum Gasteiger partial charge on any atom is -0.493 e. The highest BCUT2D eigenvalue weighted by molar-refractivity contribution is 5.89. The number of benzene rings is 2. The Bertz CT molecular complexity index is 1160. The number of ether oxygens (including phenoxy) is 3. The van der Waals surface area contributed by atoms with E-state index in [2.05, 4.69) is 0 Å². The molecule has 0 heterocycles. The average Bonchev–Trinajstić information content (AvgIpc) is 2.97. The summed E-state index contributed by atoms with van der Waals surface area (Å²) in [7, 11) is 6.30. The van der Waals surface area contributed by atoms with Crippen LogP contribution in [0.1, 0.15) is 70.6 Å². The van der Waals surface area contributed by atoms with E-state index in [4.69, 9.17) is 14.2 Å². The first-order chi connectivity index (χ1) is 19.9. The minimum atomic E-state index is -1.62. The Morgan fingerprint density at radius 2 is 1.48 bits per heavy atom. The van der Waals surface area contributed by atoms with Gasteiger partial charge in [-0.2, -0.15) is 0 Å². The molecule has 0 radical (unpaired) electrons. The quantitative estimate of drug-likeness (QED) is 0.283. The van der Waals surface area contributed by atoms with Crippen molar-refractivity contribution >= 4 is 17.8 Å². The summed E-state index contributed by atoms with van der Waals surface area (Å²) in [6.07, 6.45) is 2.27. The van der Waals surface area contributed by atoms with Gasteiger partial charge in [0, 0.05) is 32.1 Å². The number of esters is 1. The summed E-state index contributed by atoms with van der Waals surface area (Å²) in [5, 5.41) is 11.0. The van der Waals surface area contributed by atoms with Crippen LogP contribution in [0.3, 0.4) is 0 Å². The van der Waals surface area contributed by atoms with Gasteiger partial charge in [-0.05, 0) is 50.8 Å². The molecule has 0 saturated carbocycles. The SMILES string of the molecule is CCCC(CCC)C(=O)N(C)C(C(=O)O[C@@H](C(=O)N(C)CCc1ccc(OC)c(OC)c1)c1ccccc1)C(C)(C)O. The molecule has 232 valence electrons. The molecule has 0 saturated heterocycles. The summed E-state index contributed by atoms with van der Waals surface area (Å²) in [6.45, 7) is 7.29. The van der Waals surface area contributed by atoms with Crippen molar-refractivity contribution in [2.75, 3.05) is 34.9 Å². The predicted molar refractivity (Wildman–Crippen MR) is 162 cm³/mol. The van der Waals surface area contributed by atoms with Gasteiger partial charge in [-0.15, -0.1) is 0 Å². The van der Waals surface area contributed by atoms with E-state index < -0.39 is 29.6 Å². The third-order valence-electron chi connectivity index (χ3n) is 7.37. The van der Waals surface area contributed by atoms with Gasteiger partial charge in [0.05, 0.1) is 19.8 Å². The Morgan fingerprint density at radius 3 is 2.00 bits per heavy atom. The number of nitrogens with zero attached hydrogens (tertiary/aromatic N) is 2. The van der Waals surface area contributed by atoms with Crippen LogP contribution in [0.2, 0.25) is 0 Å². The average molecular weight is 585 g/mol. The highest BCUT2D eigenvalue weighted by Crippen LogP contribution is 2.29. The van der Waals surface area contributed by atoms with Crippen LogP contribution < -0.4 is 9.47 Å². The summed E-state index contributed by atoms with van der Waals surface area (Å²) in [4.78, 5) is 43.7. The molecule has 1 unspecified atom stereocenters. The molecule has 2 aromatic rings. The van der Waals surface area contributed by atoms with Crippen molar-refractivity contribution in [3.8, 4) is 11.5 Å². The van der Waals surface area contributed by atoms with Gasteiger partial charge in [-0.25, -0.2) is 4.79 Å². The predicted octanol–water partition coefficient (Wildman–Crippen LogP) is 4.80. The first-order valence-corrected chi connectivity index (χ1v) is 14.6. The number of aliphatic hydroxyl groups is 1. The van der Waals surface area contributed by atoms with Crippen molar-refractivity contribution in [2.24, 2.45) is 5.92 Å². The fourth-order valence-electron chi connectivity index (χ4n) is 5.14. The molecule has 2 amide bonds. The van der Waals surface area contributed by atoms with Crippen molar-refractivity contribution in [3.63, 3.8) is 0 Å². The molecular formula is C33H48N2O7. The maximum atomic E-state index is 13.7. The fraction of sp³-hybridized carbons (Fsp3) is 0.545. The zero-order valence-corrected chi connectivity index (χ0v) is 26.4. The van der Waals surface area contributed by atoms with E-state index in [1.807, 2.05) is 32.0 Å². The van der Waals surface area contributed by atoms with Crippen molar-refractivity contribution in [2.45, 2.75) is 77.5 Å². The van der Waals surface area contributed by atoms with Gasteiger partial charge in [0.2, 0.25) is 12.0 Å². The van der Waals surface area contributed by atoms with Gasteiger partial charge in [0.1, 0.15) is 0 Å². The summed E-state index contributed by atoms with van der Waals surface area (Å²) in [6, 6.07) is 13.0. The molecule has 1 N–H and O–H groups in total.